The van der Waals surface area contributed by atoms with Crippen molar-refractivity contribution in [3.05, 3.63) is 58.3 Å². The standard InChI is InChI=1S/C28H39N5O2/c1-6-25(27(34)29-13-10-14-31-17-19(2)15-20(3)18-31)32-21(4)24-16-30-33(23-11-8-7-9-12-23)28(35)26(24)22(32)5/h7-9,11-12,16,19-20,25H,6,10,13-15,17-18H2,1-5H3,(H,29,34)/t19-,20-,25+/m0/s1. The highest BCUT2D eigenvalue weighted by Gasteiger charge is 2.26. The molecule has 3 atom stereocenters. The predicted molar refractivity (Wildman–Crippen MR) is 141 cm³/mol. The molecule has 1 aliphatic rings. The second-order valence-electron chi connectivity index (χ2n) is 10.3. The Morgan fingerprint density at radius 3 is 2.46 bits per heavy atom. The zero-order chi connectivity index (χ0) is 25.1. The number of rotatable bonds is 8. The lowest BCUT2D eigenvalue weighted by Crippen LogP contribution is -2.40. The van der Waals surface area contributed by atoms with Gasteiger partial charge in [0.1, 0.15) is 6.04 Å². The molecule has 0 aliphatic carbocycles. The lowest BCUT2D eigenvalue weighted by Gasteiger charge is -2.35. The molecule has 7 nitrogen and oxygen atoms in total. The van der Waals surface area contributed by atoms with Crippen LogP contribution in [-0.4, -0.2) is 51.3 Å². The van der Waals surface area contributed by atoms with E-state index in [9.17, 15) is 9.59 Å². The molecule has 7 heteroatoms. The molecule has 3 aromatic rings. The number of benzene rings is 1. The summed E-state index contributed by atoms with van der Waals surface area (Å²) in [5, 5.41) is 9.01. The lowest BCUT2D eigenvalue weighted by atomic mass is 9.92. The third-order valence-corrected chi connectivity index (χ3v) is 7.35. The van der Waals surface area contributed by atoms with Gasteiger partial charge in [-0.3, -0.25) is 9.59 Å². The van der Waals surface area contributed by atoms with Crippen LogP contribution in [0.4, 0.5) is 0 Å². The number of hydrogen-bond acceptors (Lipinski definition) is 4. The third kappa shape index (κ3) is 5.20. The first-order chi connectivity index (χ1) is 16.8. The van der Waals surface area contributed by atoms with E-state index in [-0.39, 0.29) is 17.5 Å². The minimum atomic E-state index is -0.359. The maximum Gasteiger partial charge on any atom is 0.281 e. The molecular weight excluding hydrogens is 438 g/mol. The number of nitrogens with one attached hydrogen (secondary N) is 1. The highest BCUT2D eigenvalue weighted by atomic mass is 16.2. The van der Waals surface area contributed by atoms with Crippen molar-refractivity contribution in [3.63, 3.8) is 0 Å². The fraction of sp³-hybridized carbons (Fsp3) is 0.536. The Morgan fingerprint density at radius 1 is 1.11 bits per heavy atom. The Labute approximate surface area is 208 Å². The Kier molecular flexibility index (Phi) is 7.75. The van der Waals surface area contributed by atoms with Gasteiger partial charge in [0.15, 0.2) is 0 Å². The first-order valence-corrected chi connectivity index (χ1v) is 13.0. The molecule has 0 unspecified atom stereocenters. The van der Waals surface area contributed by atoms with Crippen LogP contribution in [0.25, 0.3) is 16.5 Å². The zero-order valence-corrected chi connectivity index (χ0v) is 21.8. The van der Waals surface area contributed by atoms with E-state index >= 15 is 0 Å². The molecule has 2 aromatic heterocycles. The van der Waals surface area contributed by atoms with Crippen LogP contribution < -0.4 is 10.9 Å². The smallest absolute Gasteiger partial charge is 0.281 e. The molecule has 35 heavy (non-hydrogen) atoms. The summed E-state index contributed by atoms with van der Waals surface area (Å²) in [6, 6.07) is 9.07. The van der Waals surface area contributed by atoms with Gasteiger partial charge in [0, 0.05) is 36.4 Å². The summed E-state index contributed by atoms with van der Waals surface area (Å²) in [6.45, 7) is 14.6. The number of likely N-dealkylation sites (tertiary alicyclic amines) is 1. The first kappa shape index (κ1) is 25.2. The summed E-state index contributed by atoms with van der Waals surface area (Å²) in [6.07, 6.45) is 4.64. The van der Waals surface area contributed by atoms with Crippen molar-refractivity contribution in [3.8, 4) is 5.69 Å². The van der Waals surface area contributed by atoms with E-state index in [2.05, 4.69) is 29.2 Å². The van der Waals surface area contributed by atoms with Gasteiger partial charge in [-0.25, -0.2) is 0 Å². The topological polar surface area (TPSA) is 72.2 Å². The summed E-state index contributed by atoms with van der Waals surface area (Å²) >= 11 is 0. The van der Waals surface area contributed by atoms with Gasteiger partial charge in [-0.2, -0.15) is 9.78 Å². The highest BCUT2D eigenvalue weighted by Crippen LogP contribution is 2.28. The Hall–Kier alpha value is -2.93. The lowest BCUT2D eigenvalue weighted by molar-refractivity contribution is -0.124. The maximum atomic E-state index is 13.4. The van der Waals surface area contributed by atoms with Gasteiger partial charge in [-0.1, -0.05) is 39.0 Å². The number of piperidine rings is 1. The van der Waals surface area contributed by atoms with Gasteiger partial charge in [0.05, 0.1) is 17.3 Å². The molecule has 188 valence electrons. The molecule has 0 radical (unpaired) electrons. The SMILES string of the molecule is CC[C@H](C(=O)NCCCN1C[C@@H](C)C[C@H](C)C1)n1c(C)c2cnn(-c3ccccc3)c(=O)c2c1C. The summed E-state index contributed by atoms with van der Waals surface area (Å²) in [4.78, 5) is 29.2. The molecule has 1 amide bonds. The number of carbonyl (C=O) groups is 1. The summed E-state index contributed by atoms with van der Waals surface area (Å²) < 4.78 is 3.45. The van der Waals surface area contributed by atoms with Crippen molar-refractivity contribution < 1.29 is 4.79 Å². The summed E-state index contributed by atoms with van der Waals surface area (Å²) in [5.41, 5.74) is 2.29. The maximum absolute atomic E-state index is 13.4. The second kappa shape index (κ2) is 10.8. The second-order valence-corrected chi connectivity index (χ2v) is 10.3. The molecule has 1 N–H and O–H groups in total. The number of para-hydroxylation sites is 1. The average molecular weight is 478 g/mol. The summed E-state index contributed by atoms with van der Waals surface area (Å²) in [5.74, 6) is 1.50. The average Bonchev–Trinajstić information content (AvgIpc) is 3.08. The van der Waals surface area contributed by atoms with E-state index < -0.39 is 0 Å². The molecule has 0 saturated carbocycles. The number of hydrogen-bond donors (Lipinski definition) is 1. The Bertz CT molecular complexity index is 1220. The van der Waals surface area contributed by atoms with Crippen molar-refractivity contribution in [1.29, 1.82) is 0 Å². The van der Waals surface area contributed by atoms with Gasteiger partial charge in [0.25, 0.3) is 5.56 Å². The number of amides is 1. The predicted octanol–water partition coefficient (Wildman–Crippen LogP) is 4.24. The normalized spacial score (nSPS) is 19.7. The van der Waals surface area contributed by atoms with Crippen molar-refractivity contribution >= 4 is 16.7 Å². The van der Waals surface area contributed by atoms with Crippen LogP contribution in [0.1, 0.15) is 57.5 Å². The van der Waals surface area contributed by atoms with E-state index in [0.29, 0.717) is 18.4 Å². The van der Waals surface area contributed by atoms with E-state index in [4.69, 9.17) is 0 Å². The Morgan fingerprint density at radius 2 is 1.80 bits per heavy atom. The molecular formula is C28H39N5O2. The van der Waals surface area contributed by atoms with E-state index in [1.807, 2.05) is 55.7 Å². The number of nitrogens with zero attached hydrogens (tertiary/aromatic N) is 4. The van der Waals surface area contributed by atoms with E-state index in [1.165, 1.54) is 11.1 Å². The van der Waals surface area contributed by atoms with Crippen LogP contribution in [0.3, 0.4) is 0 Å². The monoisotopic (exact) mass is 477 g/mol. The largest absolute Gasteiger partial charge is 0.354 e. The van der Waals surface area contributed by atoms with Crippen LogP contribution in [0.2, 0.25) is 0 Å². The minimum Gasteiger partial charge on any atom is -0.354 e. The van der Waals surface area contributed by atoms with Crippen LogP contribution >= 0.6 is 0 Å². The van der Waals surface area contributed by atoms with Crippen molar-refractivity contribution in [2.75, 3.05) is 26.2 Å². The zero-order valence-electron chi connectivity index (χ0n) is 21.8. The van der Waals surface area contributed by atoms with Gasteiger partial charge in [-0.05, 0) is 63.6 Å². The molecule has 1 aromatic carbocycles. The molecule has 0 bridgehead atoms. The molecule has 1 fully saturated rings. The fourth-order valence-corrected chi connectivity index (χ4v) is 5.89. The van der Waals surface area contributed by atoms with Gasteiger partial charge < -0.3 is 14.8 Å². The number of aryl methyl sites for hydroxylation is 2. The molecule has 0 spiro atoms. The van der Waals surface area contributed by atoms with Crippen LogP contribution in [-0.2, 0) is 4.79 Å². The Balaban J connectivity index is 1.50. The summed E-state index contributed by atoms with van der Waals surface area (Å²) in [7, 11) is 0. The molecule has 1 aliphatic heterocycles. The third-order valence-electron chi connectivity index (χ3n) is 7.35. The molecule has 4 rings (SSSR count). The number of fused-ring (bicyclic) bond motifs is 1. The van der Waals surface area contributed by atoms with E-state index in [0.717, 1.165) is 60.4 Å². The fourth-order valence-electron chi connectivity index (χ4n) is 5.89. The molecule has 1 saturated heterocycles. The van der Waals surface area contributed by atoms with Gasteiger partial charge >= 0.3 is 0 Å². The minimum absolute atomic E-state index is 0.00994. The molecule has 3 heterocycles. The van der Waals surface area contributed by atoms with Gasteiger partial charge in [0.2, 0.25) is 5.91 Å². The number of aromatic nitrogens is 3. The van der Waals surface area contributed by atoms with Crippen molar-refractivity contribution in [2.45, 2.75) is 59.9 Å². The van der Waals surface area contributed by atoms with Crippen LogP contribution in [0, 0.1) is 25.7 Å². The highest BCUT2D eigenvalue weighted by molar-refractivity contribution is 5.89. The first-order valence-electron chi connectivity index (χ1n) is 13.0. The van der Waals surface area contributed by atoms with Crippen LogP contribution in [0.15, 0.2) is 41.3 Å². The quantitative estimate of drug-likeness (QED) is 0.493. The number of carbonyl (C=O) groups excluding carboxylic acids is 1. The van der Waals surface area contributed by atoms with Crippen molar-refractivity contribution in [1.82, 2.24) is 24.6 Å². The van der Waals surface area contributed by atoms with Crippen LogP contribution in [0.5, 0.6) is 0 Å². The van der Waals surface area contributed by atoms with Crippen molar-refractivity contribution in [2.24, 2.45) is 11.8 Å². The van der Waals surface area contributed by atoms with Gasteiger partial charge in [-0.15, -0.1) is 0 Å². The van der Waals surface area contributed by atoms with E-state index in [1.54, 1.807) is 6.20 Å².